The molecule has 0 atom stereocenters. The molecule has 0 bridgehead atoms. The average molecular weight is 608 g/mol. The number of hydrogen-bond donors (Lipinski definition) is 2. The number of unbranched alkanes of at least 4 members (excludes halogenated alkanes) is 1. The molecule has 44 heavy (non-hydrogen) atoms. The minimum atomic E-state index is -4.50. The summed E-state index contributed by atoms with van der Waals surface area (Å²) in [5.74, 6) is 0. The Kier molecular flexibility index (Phi) is 13.9. The Morgan fingerprint density at radius 1 is 1.18 bits per heavy atom. The molecule has 238 valence electrons. The number of pyridine rings is 1. The van der Waals surface area contributed by atoms with E-state index in [1.807, 2.05) is 52.2 Å². The molecule has 2 heterocycles. The lowest BCUT2D eigenvalue weighted by Gasteiger charge is -2.28. The molecule has 0 aliphatic carbocycles. The zero-order valence-corrected chi connectivity index (χ0v) is 27.5. The number of rotatable bonds is 11. The number of aryl methyl sites for hydroxylation is 1. The van der Waals surface area contributed by atoms with E-state index in [4.69, 9.17) is 0 Å². The minimum Gasteiger partial charge on any atom is -0.388 e. The van der Waals surface area contributed by atoms with Crippen molar-refractivity contribution in [2.75, 3.05) is 32.0 Å². The fourth-order valence-electron chi connectivity index (χ4n) is 4.92. The van der Waals surface area contributed by atoms with Gasteiger partial charge in [0, 0.05) is 61.7 Å². The van der Waals surface area contributed by atoms with Gasteiger partial charge in [-0.2, -0.15) is 18.4 Å². The van der Waals surface area contributed by atoms with Gasteiger partial charge in [-0.15, -0.1) is 0 Å². The molecular formula is C36H48F3N5. The highest BCUT2D eigenvalue weighted by Crippen LogP contribution is 2.39. The van der Waals surface area contributed by atoms with Gasteiger partial charge in [0.05, 0.1) is 17.0 Å². The van der Waals surface area contributed by atoms with Crippen molar-refractivity contribution >= 4 is 17.3 Å². The maximum Gasteiger partial charge on any atom is 0.417 e. The lowest BCUT2D eigenvalue weighted by atomic mass is 9.83. The van der Waals surface area contributed by atoms with Crippen LogP contribution in [0.1, 0.15) is 88.8 Å². The third kappa shape index (κ3) is 10.1. The summed E-state index contributed by atoms with van der Waals surface area (Å²) in [5.41, 5.74) is 4.63. The van der Waals surface area contributed by atoms with Gasteiger partial charge in [0.2, 0.25) is 0 Å². The summed E-state index contributed by atoms with van der Waals surface area (Å²) >= 11 is 0. The fourth-order valence-corrected chi connectivity index (χ4v) is 4.92. The molecular weight excluding hydrogens is 559 g/mol. The number of anilines is 1. The predicted octanol–water partition coefficient (Wildman–Crippen LogP) is 9.26. The van der Waals surface area contributed by atoms with E-state index in [2.05, 4.69) is 52.6 Å². The quantitative estimate of drug-likeness (QED) is 0.249. The van der Waals surface area contributed by atoms with E-state index in [1.54, 1.807) is 26.1 Å². The first-order chi connectivity index (χ1) is 20.9. The molecule has 2 aromatic rings. The molecule has 0 amide bonds. The van der Waals surface area contributed by atoms with E-state index in [0.717, 1.165) is 47.1 Å². The lowest BCUT2D eigenvalue weighted by Crippen LogP contribution is -2.30. The monoisotopic (exact) mass is 607 g/mol. The van der Waals surface area contributed by atoms with Gasteiger partial charge in [-0.25, -0.2) is 0 Å². The SMILES string of the molecule is CC.CCC/C=C(\C=C/Nc1ccnc(C)c1/C=C(\C)CN1CC=C(c2ccc(C(C)(C)C#N)cc2C(F)(F)F)CC1)NC. The van der Waals surface area contributed by atoms with Crippen LogP contribution in [0.5, 0.6) is 0 Å². The van der Waals surface area contributed by atoms with Crippen molar-refractivity contribution in [2.45, 2.75) is 79.3 Å². The molecule has 1 aromatic heterocycles. The van der Waals surface area contributed by atoms with Crippen molar-refractivity contribution < 1.29 is 13.2 Å². The summed E-state index contributed by atoms with van der Waals surface area (Å²) in [4.78, 5) is 6.70. The van der Waals surface area contributed by atoms with Gasteiger partial charge in [-0.1, -0.05) is 63.1 Å². The normalized spacial score (nSPS) is 14.9. The van der Waals surface area contributed by atoms with Crippen molar-refractivity contribution in [2.24, 2.45) is 0 Å². The number of halogens is 3. The van der Waals surface area contributed by atoms with Crippen LogP contribution in [0.15, 0.2) is 66.2 Å². The molecule has 0 saturated heterocycles. The number of hydrogen-bond acceptors (Lipinski definition) is 5. The highest BCUT2D eigenvalue weighted by atomic mass is 19.4. The van der Waals surface area contributed by atoms with Gasteiger partial charge in [-0.05, 0) is 75.4 Å². The minimum absolute atomic E-state index is 0.202. The van der Waals surface area contributed by atoms with E-state index in [0.29, 0.717) is 37.2 Å². The Morgan fingerprint density at radius 2 is 1.91 bits per heavy atom. The van der Waals surface area contributed by atoms with Crippen LogP contribution in [0.4, 0.5) is 18.9 Å². The highest BCUT2D eigenvalue weighted by molar-refractivity contribution is 5.71. The van der Waals surface area contributed by atoms with Crippen LogP contribution in [-0.2, 0) is 11.6 Å². The number of allylic oxidation sites excluding steroid dienone is 2. The first kappa shape index (κ1) is 36.4. The topological polar surface area (TPSA) is 64.0 Å². The largest absolute Gasteiger partial charge is 0.417 e. The summed E-state index contributed by atoms with van der Waals surface area (Å²) in [5, 5.41) is 16.0. The Labute approximate surface area is 262 Å². The molecule has 0 fully saturated rings. The van der Waals surface area contributed by atoms with Gasteiger partial charge in [0.1, 0.15) is 0 Å². The smallest absolute Gasteiger partial charge is 0.388 e. The maximum atomic E-state index is 14.0. The highest BCUT2D eigenvalue weighted by Gasteiger charge is 2.36. The third-order valence-electron chi connectivity index (χ3n) is 7.46. The molecule has 0 unspecified atom stereocenters. The summed E-state index contributed by atoms with van der Waals surface area (Å²) in [6.07, 6.45) is 9.99. The number of aromatic nitrogens is 1. The van der Waals surface area contributed by atoms with Crippen LogP contribution in [0.3, 0.4) is 0 Å². The number of nitrogens with one attached hydrogen (secondary N) is 2. The zero-order valence-electron chi connectivity index (χ0n) is 27.5. The molecule has 1 aromatic carbocycles. The summed E-state index contributed by atoms with van der Waals surface area (Å²) in [7, 11) is 1.90. The summed E-state index contributed by atoms with van der Waals surface area (Å²) in [6, 6.07) is 8.35. The molecule has 1 aliphatic rings. The average Bonchev–Trinajstić information content (AvgIpc) is 3.01. The van der Waals surface area contributed by atoms with Crippen molar-refractivity contribution in [3.8, 4) is 6.07 Å². The first-order valence-corrected chi connectivity index (χ1v) is 15.4. The van der Waals surface area contributed by atoms with E-state index in [-0.39, 0.29) is 5.56 Å². The Hall–Kier alpha value is -3.83. The van der Waals surface area contributed by atoms with Gasteiger partial charge < -0.3 is 10.6 Å². The second kappa shape index (κ2) is 16.9. The number of nitrogens with zero attached hydrogens (tertiary/aromatic N) is 3. The Bertz CT molecular complexity index is 1410. The molecule has 2 N–H and O–H groups in total. The van der Waals surface area contributed by atoms with Crippen molar-refractivity contribution in [1.82, 2.24) is 15.2 Å². The number of nitriles is 1. The third-order valence-corrected chi connectivity index (χ3v) is 7.46. The Morgan fingerprint density at radius 3 is 2.50 bits per heavy atom. The van der Waals surface area contributed by atoms with E-state index >= 15 is 0 Å². The second-order valence-electron chi connectivity index (χ2n) is 11.2. The zero-order chi connectivity index (χ0) is 32.9. The molecule has 0 radical (unpaired) electrons. The van der Waals surface area contributed by atoms with Crippen LogP contribution in [-0.4, -0.2) is 36.6 Å². The van der Waals surface area contributed by atoms with Crippen LogP contribution in [0.2, 0.25) is 0 Å². The van der Waals surface area contributed by atoms with Gasteiger partial charge >= 0.3 is 6.18 Å². The summed E-state index contributed by atoms with van der Waals surface area (Å²) in [6.45, 7) is 15.3. The molecule has 0 saturated carbocycles. The van der Waals surface area contributed by atoms with Gasteiger partial charge in [-0.3, -0.25) is 9.88 Å². The number of likely N-dealkylation sites (N-methyl/N-ethyl adjacent to an activating group) is 1. The van der Waals surface area contributed by atoms with E-state index in [1.165, 1.54) is 6.07 Å². The molecule has 5 nitrogen and oxygen atoms in total. The standard InChI is InChI=1S/C34H42F3N5.C2H6/c1-7-8-9-28(39-6)12-16-41-32-13-17-40-25(3)30(32)20-24(2)22-42-18-14-26(15-19-42)29-11-10-27(33(4,5)23-38)21-31(29)34(35,36)37;1-2/h9-14,16-17,20-21,39H,7-8,15,18-19,22H2,1-6H3,(H,40,41);1-2H3/b16-12-,24-20+,28-9+;. The molecule has 3 rings (SSSR count). The predicted molar refractivity (Wildman–Crippen MR) is 178 cm³/mol. The molecule has 8 heteroatoms. The van der Waals surface area contributed by atoms with Crippen LogP contribution >= 0.6 is 0 Å². The van der Waals surface area contributed by atoms with Gasteiger partial charge in [0.25, 0.3) is 0 Å². The molecule has 0 spiro atoms. The Balaban J connectivity index is 0.00000330. The van der Waals surface area contributed by atoms with Crippen molar-refractivity contribution in [1.29, 1.82) is 5.26 Å². The van der Waals surface area contributed by atoms with Gasteiger partial charge in [0.15, 0.2) is 0 Å². The van der Waals surface area contributed by atoms with E-state index < -0.39 is 17.2 Å². The lowest BCUT2D eigenvalue weighted by molar-refractivity contribution is -0.137. The number of alkyl halides is 3. The van der Waals surface area contributed by atoms with E-state index in [9.17, 15) is 18.4 Å². The van der Waals surface area contributed by atoms with Crippen molar-refractivity contribution in [3.63, 3.8) is 0 Å². The van der Waals surface area contributed by atoms with Crippen molar-refractivity contribution in [3.05, 3.63) is 94.1 Å². The molecule has 1 aliphatic heterocycles. The number of benzene rings is 1. The second-order valence-corrected chi connectivity index (χ2v) is 11.2. The first-order valence-electron chi connectivity index (χ1n) is 15.4. The van der Waals surface area contributed by atoms with Crippen LogP contribution in [0, 0.1) is 18.3 Å². The maximum absolute atomic E-state index is 14.0. The fraction of sp³-hybridized carbons (Fsp3) is 0.444. The van der Waals surface area contributed by atoms with Crippen LogP contribution < -0.4 is 10.6 Å². The summed E-state index contributed by atoms with van der Waals surface area (Å²) < 4.78 is 42.1. The van der Waals surface area contributed by atoms with Crippen LogP contribution in [0.25, 0.3) is 11.6 Å².